The zero-order valence-electron chi connectivity index (χ0n) is 11.2. The third-order valence-electron chi connectivity index (χ3n) is 3.31. The van der Waals surface area contributed by atoms with Crippen molar-refractivity contribution in [1.82, 2.24) is 10.4 Å². The zero-order valence-corrected chi connectivity index (χ0v) is 11.2. The molecule has 0 saturated heterocycles. The second-order valence-corrected chi connectivity index (χ2v) is 5.53. The van der Waals surface area contributed by atoms with Crippen LogP contribution in [-0.2, 0) is 6.42 Å². The molecule has 0 amide bonds. The number of nitrogens with one attached hydrogen (secondary N) is 1. The van der Waals surface area contributed by atoms with Crippen LogP contribution in [0.25, 0.3) is 0 Å². The van der Waals surface area contributed by atoms with Gasteiger partial charge in [0.1, 0.15) is 0 Å². The summed E-state index contributed by atoms with van der Waals surface area (Å²) in [6.45, 7) is 4.33. The van der Waals surface area contributed by atoms with Crippen molar-refractivity contribution >= 4 is 5.71 Å². The Morgan fingerprint density at radius 1 is 1.11 bits per heavy atom. The van der Waals surface area contributed by atoms with Gasteiger partial charge in [0.05, 0.1) is 11.3 Å². The minimum atomic E-state index is -0.0416. The van der Waals surface area contributed by atoms with E-state index in [1.54, 1.807) is 6.20 Å². The lowest BCUT2D eigenvalue weighted by molar-refractivity contribution is 0.402. The molecule has 19 heavy (non-hydrogen) atoms. The van der Waals surface area contributed by atoms with Crippen molar-refractivity contribution in [2.24, 2.45) is 5.10 Å². The van der Waals surface area contributed by atoms with Gasteiger partial charge in [0.25, 0.3) is 0 Å². The van der Waals surface area contributed by atoms with Gasteiger partial charge in [-0.25, -0.2) is 0 Å². The molecule has 96 valence electrons. The van der Waals surface area contributed by atoms with Gasteiger partial charge in [-0.2, -0.15) is 5.10 Å². The van der Waals surface area contributed by atoms with Gasteiger partial charge in [-0.3, -0.25) is 4.98 Å². The van der Waals surface area contributed by atoms with Gasteiger partial charge in [-0.15, -0.1) is 0 Å². The Morgan fingerprint density at radius 3 is 2.74 bits per heavy atom. The van der Waals surface area contributed by atoms with E-state index < -0.39 is 0 Å². The first-order valence-corrected chi connectivity index (χ1v) is 6.49. The van der Waals surface area contributed by atoms with Crippen molar-refractivity contribution in [3.05, 3.63) is 65.5 Å². The first-order chi connectivity index (χ1) is 9.16. The lowest BCUT2D eigenvalue weighted by Crippen LogP contribution is -2.37. The molecule has 0 aliphatic carbocycles. The molecule has 0 unspecified atom stereocenters. The highest BCUT2D eigenvalue weighted by molar-refractivity contribution is 6.13. The van der Waals surface area contributed by atoms with Gasteiger partial charge in [0.15, 0.2) is 0 Å². The smallest absolute Gasteiger partial charge is 0.0992 e. The Balaban J connectivity index is 2.16. The Kier molecular flexibility index (Phi) is 2.82. The van der Waals surface area contributed by atoms with E-state index in [9.17, 15) is 0 Å². The molecule has 2 aromatic rings. The van der Waals surface area contributed by atoms with Gasteiger partial charge in [-0.05, 0) is 38.0 Å². The van der Waals surface area contributed by atoms with Gasteiger partial charge in [0.2, 0.25) is 0 Å². The SMILES string of the molecule is CC1(C)Cc2ccccc2C(c2cccnc2)=NN1. The Morgan fingerprint density at radius 2 is 1.95 bits per heavy atom. The van der Waals surface area contributed by atoms with Crippen LogP contribution in [0.3, 0.4) is 0 Å². The van der Waals surface area contributed by atoms with Gasteiger partial charge in [-0.1, -0.05) is 24.3 Å². The molecule has 0 radical (unpaired) electrons. The standard InChI is InChI=1S/C16H17N3/c1-16(2)10-12-6-3-4-8-14(12)15(18-19-16)13-7-5-9-17-11-13/h3-9,11,19H,10H2,1-2H3. The fraction of sp³-hybridized carbons (Fsp3) is 0.250. The lowest BCUT2D eigenvalue weighted by Gasteiger charge is -2.22. The predicted molar refractivity (Wildman–Crippen MR) is 77.2 cm³/mol. The summed E-state index contributed by atoms with van der Waals surface area (Å²) in [6.07, 6.45) is 4.59. The Hall–Kier alpha value is -2.16. The molecule has 0 atom stereocenters. The summed E-state index contributed by atoms with van der Waals surface area (Å²) < 4.78 is 0. The maximum atomic E-state index is 4.61. The van der Waals surface area contributed by atoms with E-state index in [1.165, 1.54) is 11.1 Å². The summed E-state index contributed by atoms with van der Waals surface area (Å²) in [6, 6.07) is 12.4. The van der Waals surface area contributed by atoms with Crippen molar-refractivity contribution < 1.29 is 0 Å². The molecule has 1 aliphatic rings. The number of hydrogen-bond donors (Lipinski definition) is 1. The maximum absolute atomic E-state index is 4.61. The number of benzene rings is 1. The van der Waals surface area contributed by atoms with Gasteiger partial charge < -0.3 is 5.43 Å². The van der Waals surface area contributed by atoms with E-state index in [0.717, 1.165) is 17.7 Å². The number of hydrogen-bond acceptors (Lipinski definition) is 3. The van der Waals surface area contributed by atoms with Crippen molar-refractivity contribution in [1.29, 1.82) is 0 Å². The van der Waals surface area contributed by atoms with Crippen LogP contribution in [-0.4, -0.2) is 16.2 Å². The summed E-state index contributed by atoms with van der Waals surface area (Å²) >= 11 is 0. The minimum absolute atomic E-state index is 0.0416. The predicted octanol–water partition coefficient (Wildman–Crippen LogP) is 2.76. The molecule has 1 aromatic carbocycles. The van der Waals surface area contributed by atoms with E-state index in [0.29, 0.717) is 0 Å². The number of aromatic nitrogens is 1. The van der Waals surface area contributed by atoms with E-state index in [4.69, 9.17) is 0 Å². The van der Waals surface area contributed by atoms with Crippen molar-refractivity contribution in [2.45, 2.75) is 25.8 Å². The molecule has 0 bridgehead atoms. The van der Waals surface area contributed by atoms with Crippen LogP contribution >= 0.6 is 0 Å². The average molecular weight is 251 g/mol. The third-order valence-corrected chi connectivity index (χ3v) is 3.31. The van der Waals surface area contributed by atoms with Crippen LogP contribution in [0.15, 0.2) is 53.9 Å². The van der Waals surface area contributed by atoms with E-state index in [2.05, 4.69) is 53.6 Å². The summed E-state index contributed by atoms with van der Waals surface area (Å²) in [4.78, 5) is 4.19. The summed E-state index contributed by atoms with van der Waals surface area (Å²) in [5.41, 5.74) is 7.75. The van der Waals surface area contributed by atoms with Crippen LogP contribution in [0.2, 0.25) is 0 Å². The molecule has 2 heterocycles. The summed E-state index contributed by atoms with van der Waals surface area (Å²) in [7, 11) is 0. The fourth-order valence-electron chi connectivity index (χ4n) is 2.41. The molecule has 3 rings (SSSR count). The second-order valence-electron chi connectivity index (χ2n) is 5.53. The molecule has 1 aliphatic heterocycles. The van der Waals surface area contributed by atoms with Crippen LogP contribution in [0, 0.1) is 0 Å². The third kappa shape index (κ3) is 2.36. The van der Waals surface area contributed by atoms with Crippen LogP contribution in [0.5, 0.6) is 0 Å². The number of pyridine rings is 1. The molecule has 3 nitrogen and oxygen atoms in total. The Bertz CT molecular complexity index is 615. The highest BCUT2D eigenvalue weighted by Crippen LogP contribution is 2.23. The van der Waals surface area contributed by atoms with E-state index in [1.807, 2.05) is 18.3 Å². The van der Waals surface area contributed by atoms with Crippen molar-refractivity contribution in [2.75, 3.05) is 0 Å². The van der Waals surface area contributed by atoms with Crippen LogP contribution in [0.4, 0.5) is 0 Å². The lowest BCUT2D eigenvalue weighted by atomic mass is 9.90. The average Bonchev–Trinajstić information content (AvgIpc) is 2.54. The van der Waals surface area contributed by atoms with Crippen LogP contribution < -0.4 is 5.43 Å². The monoisotopic (exact) mass is 251 g/mol. The normalized spacial score (nSPS) is 16.8. The molecular formula is C16H17N3. The topological polar surface area (TPSA) is 37.3 Å². The number of rotatable bonds is 1. The number of hydrazone groups is 1. The van der Waals surface area contributed by atoms with E-state index >= 15 is 0 Å². The zero-order chi connectivity index (χ0) is 13.3. The van der Waals surface area contributed by atoms with Gasteiger partial charge in [0, 0.05) is 23.5 Å². The van der Waals surface area contributed by atoms with Crippen molar-refractivity contribution in [3.63, 3.8) is 0 Å². The first-order valence-electron chi connectivity index (χ1n) is 6.49. The highest BCUT2D eigenvalue weighted by atomic mass is 15.3. The van der Waals surface area contributed by atoms with Crippen LogP contribution in [0.1, 0.15) is 30.5 Å². The van der Waals surface area contributed by atoms with Crippen molar-refractivity contribution in [3.8, 4) is 0 Å². The Labute approximate surface area is 113 Å². The molecule has 1 N–H and O–H groups in total. The highest BCUT2D eigenvalue weighted by Gasteiger charge is 2.24. The first kappa shape index (κ1) is 11.9. The molecule has 1 aromatic heterocycles. The summed E-state index contributed by atoms with van der Waals surface area (Å²) in [5.74, 6) is 0. The number of fused-ring (bicyclic) bond motifs is 1. The van der Waals surface area contributed by atoms with E-state index in [-0.39, 0.29) is 5.54 Å². The quantitative estimate of drug-likeness (QED) is 0.846. The summed E-state index contributed by atoms with van der Waals surface area (Å²) in [5, 5.41) is 4.61. The fourth-order valence-corrected chi connectivity index (χ4v) is 2.41. The molecular weight excluding hydrogens is 234 g/mol. The van der Waals surface area contributed by atoms with Gasteiger partial charge >= 0.3 is 0 Å². The minimum Gasteiger partial charge on any atom is -0.304 e. The largest absolute Gasteiger partial charge is 0.304 e. The molecule has 3 heteroatoms. The number of nitrogens with zero attached hydrogens (tertiary/aromatic N) is 2. The maximum Gasteiger partial charge on any atom is 0.0992 e. The second kappa shape index (κ2) is 4.50. The molecule has 0 saturated carbocycles. The molecule has 0 fully saturated rings. The molecule has 0 spiro atoms.